The number of hydrogen-bond acceptors (Lipinski definition) is 6. The number of primary amides is 1. The minimum absolute atomic E-state index is 0.270. The molecule has 5 aromatic rings. The first kappa shape index (κ1) is 22.9. The predicted octanol–water partition coefficient (Wildman–Crippen LogP) is 4.17. The van der Waals surface area contributed by atoms with Crippen LogP contribution in [0.1, 0.15) is 25.6 Å². The zero-order valence-electron chi connectivity index (χ0n) is 19.4. The number of imidazole rings is 1. The Morgan fingerprint density at radius 2 is 1.94 bits per heavy atom. The second kappa shape index (κ2) is 9.05. The van der Waals surface area contributed by atoms with Gasteiger partial charge in [-0.2, -0.15) is 5.26 Å². The van der Waals surface area contributed by atoms with E-state index in [1.165, 1.54) is 18.4 Å². The number of carbonyl (C=O) groups is 2. The van der Waals surface area contributed by atoms with Crippen LogP contribution in [-0.2, 0) is 0 Å². The second-order valence-corrected chi connectivity index (χ2v) is 9.09. The number of aromatic nitrogens is 3. The van der Waals surface area contributed by atoms with E-state index in [4.69, 9.17) is 15.7 Å². The number of nitrogens with zero attached hydrogens (tertiary/aromatic N) is 4. The van der Waals surface area contributed by atoms with Gasteiger partial charge in [-0.3, -0.25) is 14.9 Å². The van der Waals surface area contributed by atoms with Crippen LogP contribution in [0.3, 0.4) is 0 Å². The summed E-state index contributed by atoms with van der Waals surface area (Å²) in [4.78, 5) is 28.7. The lowest BCUT2D eigenvalue weighted by molar-refractivity contribution is 0.0973. The number of hydrogen-bond donors (Lipinski definition) is 2. The summed E-state index contributed by atoms with van der Waals surface area (Å²) in [5.74, 6) is -0.708. The summed E-state index contributed by atoms with van der Waals surface area (Å²) in [6, 6.07) is 15.0. The lowest BCUT2D eigenvalue weighted by Crippen LogP contribution is -2.15. The molecule has 0 atom stereocenters. The number of rotatable bonds is 6. The lowest BCUT2D eigenvalue weighted by atomic mass is 10.0. The van der Waals surface area contributed by atoms with Gasteiger partial charge in [-0.25, -0.2) is 4.98 Å². The van der Waals surface area contributed by atoms with E-state index in [2.05, 4.69) is 16.4 Å². The first-order valence-electron chi connectivity index (χ1n) is 10.8. The Labute approximate surface area is 210 Å². The number of nitrogens with one attached hydrogen (secondary N) is 1. The number of thiophene rings is 1. The number of aryl methyl sites for hydroxylation is 1. The van der Waals surface area contributed by atoms with Crippen molar-refractivity contribution in [3.8, 4) is 34.6 Å². The molecule has 0 radical (unpaired) electrons. The van der Waals surface area contributed by atoms with Gasteiger partial charge in [-0.05, 0) is 48.9 Å². The summed E-state index contributed by atoms with van der Waals surface area (Å²) in [6.45, 7) is 2.03. The summed E-state index contributed by atoms with van der Waals surface area (Å²) in [7, 11) is 1.48. The quantitative estimate of drug-likeness (QED) is 0.269. The lowest BCUT2D eigenvalue weighted by Gasteiger charge is -2.16. The first-order valence-corrected chi connectivity index (χ1v) is 11.6. The van der Waals surface area contributed by atoms with Crippen molar-refractivity contribution in [2.24, 2.45) is 5.73 Å². The van der Waals surface area contributed by atoms with Crippen molar-refractivity contribution in [1.82, 2.24) is 19.4 Å². The molecule has 178 valence electrons. The third-order valence-corrected chi connectivity index (χ3v) is 6.95. The normalized spacial score (nSPS) is 10.8. The summed E-state index contributed by atoms with van der Waals surface area (Å²) < 4.78 is 10.2. The second-order valence-electron chi connectivity index (χ2n) is 8.01. The van der Waals surface area contributed by atoms with Crippen LogP contribution < -0.4 is 15.8 Å². The SMILES string of the molecule is COc1cc(-n2c(-c3ccc(-n4ccnc4)cc3C)cc3sc(C(=O)NC#N)cc32)ccc1C(N)=O. The maximum Gasteiger partial charge on any atom is 0.274 e. The van der Waals surface area contributed by atoms with Crippen LogP contribution in [0.2, 0.25) is 0 Å². The minimum Gasteiger partial charge on any atom is -0.496 e. The van der Waals surface area contributed by atoms with Crippen molar-refractivity contribution >= 4 is 33.4 Å². The Morgan fingerprint density at radius 3 is 2.61 bits per heavy atom. The predicted molar refractivity (Wildman–Crippen MR) is 137 cm³/mol. The van der Waals surface area contributed by atoms with Crippen molar-refractivity contribution in [3.63, 3.8) is 0 Å². The zero-order chi connectivity index (χ0) is 25.4. The van der Waals surface area contributed by atoms with Gasteiger partial charge >= 0.3 is 0 Å². The summed E-state index contributed by atoms with van der Waals surface area (Å²) in [5.41, 5.74) is 11.2. The highest BCUT2D eigenvalue weighted by atomic mass is 32.1. The molecule has 3 aromatic heterocycles. The van der Waals surface area contributed by atoms with E-state index >= 15 is 0 Å². The van der Waals surface area contributed by atoms with Crippen LogP contribution in [0.25, 0.3) is 32.8 Å². The molecule has 0 saturated carbocycles. The molecule has 3 N–H and O–H groups in total. The third kappa shape index (κ3) is 3.87. The number of fused-ring (bicyclic) bond motifs is 1. The Morgan fingerprint density at radius 1 is 1.14 bits per heavy atom. The third-order valence-electron chi connectivity index (χ3n) is 5.88. The number of ether oxygens (including phenoxy) is 1. The number of amides is 2. The van der Waals surface area contributed by atoms with Gasteiger partial charge in [0.05, 0.1) is 39.8 Å². The molecule has 0 unspecified atom stereocenters. The molecule has 9 nitrogen and oxygen atoms in total. The van der Waals surface area contributed by atoms with Crippen LogP contribution in [0.15, 0.2) is 67.3 Å². The maximum atomic E-state index is 12.3. The fourth-order valence-corrected chi connectivity index (χ4v) is 5.20. The molecule has 0 fully saturated rings. The van der Waals surface area contributed by atoms with Gasteiger partial charge in [0.15, 0.2) is 6.19 Å². The summed E-state index contributed by atoms with van der Waals surface area (Å²) in [5, 5.41) is 11.0. The van der Waals surface area contributed by atoms with Crippen LogP contribution in [0.5, 0.6) is 5.75 Å². The van der Waals surface area contributed by atoms with Crippen molar-refractivity contribution in [2.75, 3.05) is 7.11 Å². The van der Waals surface area contributed by atoms with Crippen molar-refractivity contribution in [3.05, 3.63) is 83.3 Å². The van der Waals surface area contributed by atoms with Crippen LogP contribution in [0, 0.1) is 18.4 Å². The van der Waals surface area contributed by atoms with Gasteiger partial charge in [0.2, 0.25) is 0 Å². The van der Waals surface area contributed by atoms with Gasteiger partial charge < -0.3 is 19.6 Å². The van der Waals surface area contributed by atoms with Crippen LogP contribution in [0.4, 0.5) is 0 Å². The number of nitrogens with two attached hydrogens (primary N) is 1. The molecular formula is C26H20N6O3S. The van der Waals surface area contributed by atoms with Gasteiger partial charge in [0, 0.05) is 35.4 Å². The van der Waals surface area contributed by atoms with E-state index in [9.17, 15) is 9.59 Å². The minimum atomic E-state index is -0.590. The van der Waals surface area contributed by atoms with Crippen molar-refractivity contribution in [2.45, 2.75) is 6.92 Å². The highest BCUT2D eigenvalue weighted by Gasteiger charge is 2.21. The molecular weight excluding hydrogens is 476 g/mol. The molecule has 0 aliphatic heterocycles. The Bertz CT molecular complexity index is 1670. The summed E-state index contributed by atoms with van der Waals surface area (Å²) in [6.07, 6.45) is 7.03. The topological polar surface area (TPSA) is 128 Å². The number of nitriles is 1. The van der Waals surface area contributed by atoms with Crippen LogP contribution in [-0.4, -0.2) is 33.0 Å². The Kier molecular flexibility index (Phi) is 5.76. The monoisotopic (exact) mass is 496 g/mol. The van der Waals surface area contributed by atoms with Gasteiger partial charge in [0.1, 0.15) is 5.75 Å². The van der Waals surface area contributed by atoms with E-state index in [-0.39, 0.29) is 5.56 Å². The molecule has 10 heteroatoms. The number of carbonyl (C=O) groups excluding carboxylic acids is 2. The van der Waals surface area contributed by atoms with Crippen molar-refractivity contribution in [1.29, 1.82) is 5.26 Å². The number of benzene rings is 2. The van der Waals surface area contributed by atoms with Gasteiger partial charge in [-0.1, -0.05) is 6.07 Å². The number of methoxy groups -OCH3 is 1. The van der Waals surface area contributed by atoms with Gasteiger partial charge in [0.25, 0.3) is 11.8 Å². The molecule has 0 saturated heterocycles. The maximum absolute atomic E-state index is 12.3. The molecule has 0 aliphatic carbocycles. The molecule has 3 heterocycles. The highest BCUT2D eigenvalue weighted by molar-refractivity contribution is 7.20. The van der Waals surface area contributed by atoms with E-state index in [0.717, 1.165) is 38.4 Å². The largest absolute Gasteiger partial charge is 0.496 e. The fraction of sp³-hybridized carbons (Fsp3) is 0.0769. The van der Waals surface area contributed by atoms with E-state index in [1.54, 1.807) is 43.0 Å². The average molecular weight is 497 g/mol. The Hall–Kier alpha value is -4.88. The van der Waals surface area contributed by atoms with E-state index in [0.29, 0.717) is 10.6 Å². The fourth-order valence-electron chi connectivity index (χ4n) is 4.22. The zero-order valence-corrected chi connectivity index (χ0v) is 20.2. The average Bonchev–Trinajstić information content (AvgIpc) is 3.60. The Balaban J connectivity index is 1.73. The van der Waals surface area contributed by atoms with Gasteiger partial charge in [-0.15, -0.1) is 11.3 Å². The molecule has 0 aliphatic rings. The van der Waals surface area contributed by atoms with Crippen molar-refractivity contribution < 1.29 is 14.3 Å². The molecule has 0 spiro atoms. The molecule has 2 amide bonds. The highest BCUT2D eigenvalue weighted by Crippen LogP contribution is 2.39. The molecule has 5 rings (SSSR count). The standard InChI is InChI=1S/C26H20N6O3S/c1-15-9-16(31-8-7-29-14-31)3-5-18(15)20-11-23-21(12-24(36-23)26(34)30-13-27)32(20)17-4-6-19(25(28)33)22(10-17)35-2/h3-12,14H,1-2H3,(H2,28,33)(H,30,34). The van der Waals surface area contributed by atoms with E-state index < -0.39 is 11.8 Å². The molecule has 0 bridgehead atoms. The van der Waals surface area contributed by atoms with Crippen LogP contribution >= 0.6 is 11.3 Å². The first-order chi connectivity index (χ1) is 17.4. The van der Waals surface area contributed by atoms with E-state index in [1.807, 2.05) is 40.5 Å². The summed E-state index contributed by atoms with van der Waals surface area (Å²) >= 11 is 1.29. The smallest absolute Gasteiger partial charge is 0.274 e. The molecule has 2 aromatic carbocycles. The molecule has 36 heavy (non-hydrogen) atoms.